The first-order chi connectivity index (χ1) is 14.4. The van der Waals surface area contributed by atoms with Gasteiger partial charge in [-0.15, -0.1) is 5.10 Å². The van der Waals surface area contributed by atoms with E-state index in [1.54, 1.807) is 12.1 Å². The first-order valence-corrected chi connectivity index (χ1v) is 11.7. The van der Waals surface area contributed by atoms with Crippen molar-refractivity contribution in [3.05, 3.63) is 53.6 Å². The van der Waals surface area contributed by atoms with Gasteiger partial charge in [-0.25, -0.2) is 13.4 Å². The van der Waals surface area contributed by atoms with Gasteiger partial charge in [0.2, 0.25) is 14.9 Å². The fourth-order valence-corrected chi connectivity index (χ4v) is 5.40. The summed E-state index contributed by atoms with van der Waals surface area (Å²) in [5, 5.41) is 12.5. The summed E-state index contributed by atoms with van der Waals surface area (Å²) >= 11 is 0. The van der Waals surface area contributed by atoms with Gasteiger partial charge in [-0.3, -0.25) is 0 Å². The number of aryl methyl sites for hydroxylation is 2. The predicted molar refractivity (Wildman–Crippen MR) is 116 cm³/mol. The van der Waals surface area contributed by atoms with E-state index < -0.39 is 9.84 Å². The summed E-state index contributed by atoms with van der Waals surface area (Å²) in [5.41, 5.74) is 2.97. The monoisotopic (exact) mass is 421 g/mol. The van der Waals surface area contributed by atoms with E-state index in [9.17, 15) is 8.42 Å². The lowest BCUT2D eigenvalue weighted by atomic mass is 10.1. The molecule has 30 heavy (non-hydrogen) atoms. The van der Waals surface area contributed by atoms with Crippen LogP contribution in [0.1, 0.15) is 36.8 Å². The minimum absolute atomic E-state index is 0.119. The number of hydrogen-bond donors (Lipinski definition) is 1. The maximum absolute atomic E-state index is 13.4. The molecule has 1 aliphatic carbocycles. The molecule has 4 aromatic rings. The van der Waals surface area contributed by atoms with Gasteiger partial charge in [-0.05, 0) is 62.1 Å². The molecule has 0 unspecified atom stereocenters. The second kappa shape index (κ2) is 7.05. The van der Waals surface area contributed by atoms with Crippen molar-refractivity contribution in [1.82, 2.24) is 19.8 Å². The lowest BCUT2D eigenvalue weighted by Crippen LogP contribution is -2.16. The third-order valence-electron chi connectivity index (χ3n) is 5.96. The van der Waals surface area contributed by atoms with E-state index >= 15 is 0 Å². The quantitative estimate of drug-likeness (QED) is 0.534. The number of rotatable bonds is 4. The van der Waals surface area contributed by atoms with E-state index in [0.717, 1.165) is 34.9 Å². The molecule has 2 heterocycles. The molecule has 1 N–H and O–H groups in total. The number of anilines is 1. The summed E-state index contributed by atoms with van der Waals surface area (Å²) in [6.07, 6.45) is 4.57. The molecule has 0 atom stereocenters. The summed E-state index contributed by atoms with van der Waals surface area (Å²) in [6.45, 7) is 3.85. The number of para-hydroxylation sites is 1. The molecular weight excluding hydrogens is 398 g/mol. The third kappa shape index (κ3) is 3.02. The van der Waals surface area contributed by atoms with Gasteiger partial charge < -0.3 is 5.32 Å². The van der Waals surface area contributed by atoms with Gasteiger partial charge in [0.15, 0.2) is 5.65 Å². The molecule has 8 heteroatoms. The minimum atomic E-state index is -3.86. The standard InChI is InChI=1S/C22H23N5O2S/c1-14-11-12-17(13-15(14)2)30(28,29)22-21-24-20(23-16-7-3-4-8-16)18-9-5-6-10-19(18)27(21)26-25-22/h5-6,9-13,16H,3-4,7-8H2,1-2H3,(H,23,24). The Morgan fingerprint density at radius 2 is 1.80 bits per heavy atom. The average Bonchev–Trinajstić information content (AvgIpc) is 3.40. The Kier molecular flexibility index (Phi) is 4.47. The largest absolute Gasteiger partial charge is 0.367 e. The summed E-state index contributed by atoms with van der Waals surface area (Å²) in [6, 6.07) is 13.2. The van der Waals surface area contributed by atoms with Gasteiger partial charge in [0, 0.05) is 11.4 Å². The van der Waals surface area contributed by atoms with Gasteiger partial charge in [0.05, 0.1) is 10.4 Å². The van der Waals surface area contributed by atoms with Crippen LogP contribution in [0.5, 0.6) is 0 Å². The van der Waals surface area contributed by atoms with E-state index in [4.69, 9.17) is 4.98 Å². The highest BCUT2D eigenvalue weighted by molar-refractivity contribution is 7.91. The zero-order valence-corrected chi connectivity index (χ0v) is 17.8. The number of nitrogens with zero attached hydrogens (tertiary/aromatic N) is 4. The number of nitrogens with one attached hydrogen (secondary N) is 1. The zero-order valence-electron chi connectivity index (χ0n) is 17.0. The molecule has 0 saturated heterocycles. The molecule has 2 aromatic heterocycles. The molecule has 0 bridgehead atoms. The van der Waals surface area contributed by atoms with Crippen LogP contribution in [0, 0.1) is 13.8 Å². The van der Waals surface area contributed by atoms with E-state index in [1.165, 1.54) is 17.4 Å². The predicted octanol–water partition coefficient (Wildman–Crippen LogP) is 4.08. The SMILES string of the molecule is Cc1ccc(S(=O)(=O)c2nnn3c2nc(NC2CCCC2)c2ccccc23)cc1C. The molecule has 0 spiro atoms. The summed E-state index contributed by atoms with van der Waals surface area (Å²) in [7, 11) is -3.86. The van der Waals surface area contributed by atoms with Gasteiger partial charge in [0.25, 0.3) is 0 Å². The Balaban J connectivity index is 1.72. The van der Waals surface area contributed by atoms with Crippen LogP contribution in [0.15, 0.2) is 52.4 Å². The summed E-state index contributed by atoms with van der Waals surface area (Å²) in [4.78, 5) is 4.91. The van der Waals surface area contributed by atoms with Crippen molar-refractivity contribution in [1.29, 1.82) is 0 Å². The summed E-state index contributed by atoms with van der Waals surface area (Å²) < 4.78 is 28.3. The van der Waals surface area contributed by atoms with Gasteiger partial charge >= 0.3 is 0 Å². The minimum Gasteiger partial charge on any atom is -0.367 e. The number of benzene rings is 2. The summed E-state index contributed by atoms with van der Waals surface area (Å²) in [5.74, 6) is 0.684. The number of aromatic nitrogens is 4. The van der Waals surface area contributed by atoms with Crippen LogP contribution >= 0.6 is 0 Å². The Labute approximate surface area is 175 Å². The molecule has 1 aliphatic rings. The fraction of sp³-hybridized carbons (Fsp3) is 0.318. The molecule has 5 rings (SSSR count). The van der Waals surface area contributed by atoms with Gasteiger partial charge in [0.1, 0.15) is 5.82 Å². The van der Waals surface area contributed by atoms with Crippen LogP contribution in [0.25, 0.3) is 16.6 Å². The fourth-order valence-electron chi connectivity index (χ4n) is 4.09. The normalized spacial score (nSPS) is 15.3. The Morgan fingerprint density at radius 1 is 1.03 bits per heavy atom. The lowest BCUT2D eigenvalue weighted by Gasteiger charge is -2.15. The van der Waals surface area contributed by atoms with Crippen LogP contribution in [0.2, 0.25) is 0 Å². The van der Waals surface area contributed by atoms with E-state index in [-0.39, 0.29) is 15.6 Å². The van der Waals surface area contributed by atoms with Crippen molar-refractivity contribution >= 4 is 32.2 Å². The molecule has 1 saturated carbocycles. The molecule has 7 nitrogen and oxygen atoms in total. The lowest BCUT2D eigenvalue weighted by molar-refractivity contribution is 0.592. The van der Waals surface area contributed by atoms with Crippen molar-refractivity contribution in [2.75, 3.05) is 5.32 Å². The molecular formula is C22H23N5O2S. The van der Waals surface area contributed by atoms with E-state index in [1.807, 2.05) is 44.2 Å². The molecule has 1 fully saturated rings. The van der Waals surface area contributed by atoms with E-state index in [2.05, 4.69) is 15.6 Å². The van der Waals surface area contributed by atoms with Crippen molar-refractivity contribution in [2.24, 2.45) is 0 Å². The van der Waals surface area contributed by atoms with Gasteiger partial charge in [-0.2, -0.15) is 4.52 Å². The number of sulfone groups is 1. The highest BCUT2D eigenvalue weighted by atomic mass is 32.2. The van der Waals surface area contributed by atoms with Crippen LogP contribution in [0.3, 0.4) is 0 Å². The van der Waals surface area contributed by atoms with Crippen molar-refractivity contribution in [3.63, 3.8) is 0 Å². The van der Waals surface area contributed by atoms with Crippen molar-refractivity contribution < 1.29 is 8.42 Å². The maximum Gasteiger partial charge on any atom is 0.229 e. The smallest absolute Gasteiger partial charge is 0.229 e. The zero-order chi connectivity index (χ0) is 20.9. The van der Waals surface area contributed by atoms with Crippen molar-refractivity contribution in [3.8, 4) is 0 Å². The number of hydrogen-bond acceptors (Lipinski definition) is 6. The van der Waals surface area contributed by atoms with Gasteiger partial charge in [-0.1, -0.05) is 36.3 Å². The highest BCUT2D eigenvalue weighted by Crippen LogP contribution is 2.30. The molecule has 0 radical (unpaired) electrons. The first kappa shape index (κ1) is 19.0. The molecule has 154 valence electrons. The Morgan fingerprint density at radius 3 is 2.57 bits per heavy atom. The first-order valence-electron chi connectivity index (χ1n) is 10.2. The van der Waals surface area contributed by atoms with Crippen LogP contribution < -0.4 is 5.32 Å². The highest BCUT2D eigenvalue weighted by Gasteiger charge is 2.28. The number of fused-ring (bicyclic) bond motifs is 3. The topological polar surface area (TPSA) is 89.2 Å². The molecule has 0 aliphatic heterocycles. The van der Waals surface area contributed by atoms with E-state index in [0.29, 0.717) is 11.9 Å². The second-order valence-corrected chi connectivity index (χ2v) is 9.85. The second-order valence-electron chi connectivity index (χ2n) is 7.98. The van der Waals surface area contributed by atoms with Crippen molar-refractivity contribution in [2.45, 2.75) is 55.5 Å². The molecule has 0 amide bonds. The van der Waals surface area contributed by atoms with Crippen LogP contribution in [0.4, 0.5) is 5.82 Å². The van der Waals surface area contributed by atoms with Crippen LogP contribution in [-0.2, 0) is 9.84 Å². The average molecular weight is 422 g/mol. The Bertz CT molecular complexity index is 1370. The third-order valence-corrected chi connectivity index (χ3v) is 7.61. The maximum atomic E-state index is 13.4. The Hall–Kier alpha value is -3.00. The molecule has 2 aromatic carbocycles. The van der Waals surface area contributed by atoms with Crippen LogP contribution in [-0.4, -0.2) is 34.3 Å².